The summed E-state index contributed by atoms with van der Waals surface area (Å²) < 4.78 is 1.42. The van der Waals surface area contributed by atoms with Crippen molar-refractivity contribution in [1.29, 1.82) is 0 Å². The van der Waals surface area contributed by atoms with Crippen LogP contribution in [-0.2, 0) is 0 Å². The first kappa shape index (κ1) is 8.52. The fourth-order valence-electron chi connectivity index (χ4n) is 2.74. The average Bonchev–Trinajstić information content (AvgIpc) is 2.19. The molecule has 2 nitrogen and oxygen atoms in total. The number of rotatable bonds is 2. The van der Waals surface area contributed by atoms with Gasteiger partial charge >= 0.3 is 0 Å². The fourth-order valence-corrected chi connectivity index (χ4v) is 2.74. The summed E-state index contributed by atoms with van der Waals surface area (Å²) in [7, 11) is 0. The zero-order chi connectivity index (χ0) is 8.60. The minimum Gasteiger partial charge on any atom is -0.318 e. The second kappa shape index (κ2) is 3.00. The third kappa shape index (κ3) is 1.17. The summed E-state index contributed by atoms with van der Waals surface area (Å²) in [6.45, 7) is 13.1. The first-order chi connectivity index (χ1) is 5.77. The van der Waals surface area contributed by atoms with Crippen LogP contribution in [0.4, 0.5) is 0 Å². The first-order valence-electron chi connectivity index (χ1n) is 5.35. The van der Waals surface area contributed by atoms with Crippen molar-refractivity contribution >= 4 is 0 Å². The predicted octanol–water partition coefficient (Wildman–Crippen LogP) is 0.931. The molecule has 2 bridgehead atoms. The Labute approximate surface area is 75.7 Å². The van der Waals surface area contributed by atoms with Gasteiger partial charge in [-0.05, 0) is 13.3 Å². The first-order valence-corrected chi connectivity index (χ1v) is 5.35. The topological polar surface area (TPSA) is 3.24 Å². The number of hydrogen-bond acceptors (Lipinski definition) is 1. The van der Waals surface area contributed by atoms with Crippen molar-refractivity contribution in [3.05, 3.63) is 0 Å². The highest BCUT2D eigenvalue weighted by molar-refractivity contribution is 4.72. The van der Waals surface area contributed by atoms with Gasteiger partial charge in [0.1, 0.15) is 0 Å². The van der Waals surface area contributed by atoms with Gasteiger partial charge in [-0.15, -0.1) is 0 Å². The van der Waals surface area contributed by atoms with E-state index in [1.54, 1.807) is 0 Å². The van der Waals surface area contributed by atoms with E-state index < -0.39 is 0 Å². The third-order valence-corrected chi connectivity index (χ3v) is 4.11. The van der Waals surface area contributed by atoms with Crippen LogP contribution in [0.5, 0.6) is 0 Å². The standard InChI is InChI=1S/C10H21N2/c1-3-10(2)12-7-4-11(5-8-12)6-9-12/h10H,3-9H2,1-2H3/q+1. The van der Waals surface area contributed by atoms with Gasteiger partial charge in [0.15, 0.2) is 0 Å². The van der Waals surface area contributed by atoms with E-state index in [0.717, 1.165) is 6.04 Å². The molecule has 70 valence electrons. The molecule has 0 radical (unpaired) electrons. The minimum atomic E-state index is 0.896. The number of fused-ring (bicyclic) bond motifs is 3. The van der Waals surface area contributed by atoms with E-state index in [1.807, 2.05) is 0 Å². The van der Waals surface area contributed by atoms with Crippen molar-refractivity contribution in [3.8, 4) is 0 Å². The monoisotopic (exact) mass is 169 g/mol. The molecule has 2 heteroatoms. The summed E-state index contributed by atoms with van der Waals surface area (Å²) in [6.07, 6.45) is 1.35. The second-order valence-electron chi connectivity index (χ2n) is 4.49. The number of nitrogens with zero attached hydrogens (tertiary/aromatic N) is 2. The minimum absolute atomic E-state index is 0.896. The Morgan fingerprint density at radius 3 is 2.08 bits per heavy atom. The van der Waals surface area contributed by atoms with Crippen LogP contribution in [0.1, 0.15) is 20.3 Å². The Balaban J connectivity index is 2.08. The van der Waals surface area contributed by atoms with Crippen LogP contribution < -0.4 is 0 Å². The van der Waals surface area contributed by atoms with Crippen LogP contribution in [-0.4, -0.2) is 54.7 Å². The summed E-state index contributed by atoms with van der Waals surface area (Å²) in [5.41, 5.74) is 0. The van der Waals surface area contributed by atoms with Gasteiger partial charge in [0, 0.05) is 19.6 Å². The van der Waals surface area contributed by atoms with E-state index in [2.05, 4.69) is 18.7 Å². The van der Waals surface area contributed by atoms with E-state index in [9.17, 15) is 0 Å². The lowest BCUT2D eigenvalue weighted by Crippen LogP contribution is -2.70. The third-order valence-electron chi connectivity index (χ3n) is 4.11. The molecule has 0 spiro atoms. The summed E-state index contributed by atoms with van der Waals surface area (Å²) >= 11 is 0. The molecule has 0 N–H and O–H groups in total. The molecular weight excluding hydrogens is 148 g/mol. The molecule has 0 aromatic rings. The highest BCUT2D eigenvalue weighted by Gasteiger charge is 2.41. The zero-order valence-corrected chi connectivity index (χ0v) is 8.42. The molecule has 1 atom stereocenters. The maximum absolute atomic E-state index is 2.61. The lowest BCUT2D eigenvalue weighted by Gasteiger charge is -2.53. The molecule has 1 unspecified atom stereocenters. The molecule has 3 heterocycles. The molecule has 0 aromatic carbocycles. The molecule has 3 saturated heterocycles. The normalized spacial score (nSPS) is 43.0. The van der Waals surface area contributed by atoms with E-state index >= 15 is 0 Å². The SMILES string of the molecule is CCC(C)[N+]12CCN(CC1)CC2. The Morgan fingerprint density at radius 1 is 1.17 bits per heavy atom. The lowest BCUT2D eigenvalue weighted by atomic mass is 10.0. The van der Waals surface area contributed by atoms with E-state index in [-0.39, 0.29) is 0 Å². The summed E-state index contributed by atoms with van der Waals surface area (Å²) in [5, 5.41) is 0. The van der Waals surface area contributed by atoms with Gasteiger partial charge in [0.2, 0.25) is 0 Å². The van der Waals surface area contributed by atoms with Gasteiger partial charge in [-0.1, -0.05) is 6.92 Å². The van der Waals surface area contributed by atoms with Crippen molar-refractivity contribution in [2.75, 3.05) is 39.3 Å². The molecule has 3 aliphatic rings. The molecule has 3 rings (SSSR count). The van der Waals surface area contributed by atoms with Crippen molar-refractivity contribution in [3.63, 3.8) is 0 Å². The molecule has 3 aliphatic heterocycles. The number of piperazine rings is 3. The molecule has 12 heavy (non-hydrogen) atoms. The predicted molar refractivity (Wildman–Crippen MR) is 51.1 cm³/mol. The van der Waals surface area contributed by atoms with Crippen LogP contribution in [0.3, 0.4) is 0 Å². The van der Waals surface area contributed by atoms with Gasteiger partial charge in [0.05, 0.1) is 25.7 Å². The second-order valence-corrected chi connectivity index (χ2v) is 4.49. The molecule has 3 fully saturated rings. The van der Waals surface area contributed by atoms with Crippen molar-refractivity contribution in [2.24, 2.45) is 0 Å². The van der Waals surface area contributed by atoms with Gasteiger partial charge in [0.25, 0.3) is 0 Å². The number of quaternary nitrogens is 1. The summed E-state index contributed by atoms with van der Waals surface area (Å²) in [5.74, 6) is 0. The van der Waals surface area contributed by atoms with Gasteiger partial charge < -0.3 is 4.48 Å². The van der Waals surface area contributed by atoms with Gasteiger partial charge in [-0.25, -0.2) is 0 Å². The Hall–Kier alpha value is -0.0800. The quantitative estimate of drug-likeness (QED) is 0.556. The highest BCUT2D eigenvalue weighted by Crippen LogP contribution is 2.24. The van der Waals surface area contributed by atoms with Crippen molar-refractivity contribution in [2.45, 2.75) is 26.3 Å². The molecule has 0 amide bonds. The zero-order valence-electron chi connectivity index (χ0n) is 8.42. The van der Waals surface area contributed by atoms with E-state index in [1.165, 1.54) is 50.2 Å². The maximum atomic E-state index is 2.61. The van der Waals surface area contributed by atoms with Crippen molar-refractivity contribution < 1.29 is 4.48 Å². The van der Waals surface area contributed by atoms with Crippen molar-refractivity contribution in [1.82, 2.24) is 4.90 Å². The van der Waals surface area contributed by atoms with E-state index in [4.69, 9.17) is 0 Å². The van der Waals surface area contributed by atoms with Crippen LogP contribution in [0.25, 0.3) is 0 Å². The molecule has 0 aromatic heterocycles. The van der Waals surface area contributed by atoms with E-state index in [0.29, 0.717) is 0 Å². The lowest BCUT2D eigenvalue weighted by molar-refractivity contribution is -0.961. The molecular formula is C10H21N2+. The van der Waals surface area contributed by atoms with Gasteiger partial charge in [-0.3, -0.25) is 4.90 Å². The smallest absolute Gasteiger partial charge is 0.0918 e. The van der Waals surface area contributed by atoms with Gasteiger partial charge in [-0.2, -0.15) is 0 Å². The Morgan fingerprint density at radius 2 is 1.67 bits per heavy atom. The summed E-state index contributed by atoms with van der Waals surface area (Å²) in [6, 6.07) is 0.896. The molecule has 0 aliphatic carbocycles. The Kier molecular flexibility index (Phi) is 2.13. The van der Waals surface area contributed by atoms with Crippen LogP contribution in [0, 0.1) is 0 Å². The Bertz CT molecular complexity index is 145. The average molecular weight is 169 g/mol. The largest absolute Gasteiger partial charge is 0.318 e. The molecule has 0 saturated carbocycles. The maximum Gasteiger partial charge on any atom is 0.0918 e. The fraction of sp³-hybridized carbons (Fsp3) is 1.00. The van der Waals surface area contributed by atoms with Crippen LogP contribution >= 0.6 is 0 Å². The number of hydrogen-bond donors (Lipinski definition) is 0. The van der Waals surface area contributed by atoms with Crippen LogP contribution in [0.2, 0.25) is 0 Å². The highest BCUT2D eigenvalue weighted by atomic mass is 15.5. The summed E-state index contributed by atoms with van der Waals surface area (Å²) in [4.78, 5) is 2.61. The van der Waals surface area contributed by atoms with Crippen LogP contribution in [0.15, 0.2) is 0 Å².